The number of rotatable bonds is 19. The number of para-hydroxylation sites is 1. The molecule has 1 aliphatic heterocycles. The van der Waals surface area contributed by atoms with E-state index in [2.05, 4.69) is 13.0 Å². The van der Waals surface area contributed by atoms with Gasteiger partial charge < -0.3 is 6.92 Å². The van der Waals surface area contributed by atoms with Crippen molar-refractivity contribution in [2.75, 3.05) is 23.0 Å². The molecule has 0 aliphatic carbocycles. The quantitative estimate of drug-likeness (QED) is 0.0401. The summed E-state index contributed by atoms with van der Waals surface area (Å²) in [6.45, 7) is 9.28. The van der Waals surface area contributed by atoms with E-state index in [1.54, 1.807) is 31.2 Å². The first-order valence-electron chi connectivity index (χ1n) is 17.0. The largest absolute Gasteiger partial charge is 0.342 e. The Bertz CT molecular complexity index is 2280. The topological polar surface area (TPSA) is 258 Å². The number of carboxylic acid groups (broad SMARTS) is 1. The summed E-state index contributed by atoms with van der Waals surface area (Å²) in [6, 6.07) is 11.9. The zero-order valence-electron chi connectivity index (χ0n) is 30.9. The number of benzene rings is 2. The zero-order valence-corrected chi connectivity index (χ0v) is 35.2. The smallest absolute Gasteiger partial charge is 0.262 e. The van der Waals surface area contributed by atoms with Gasteiger partial charge >= 0.3 is 284 Å². The minimum atomic E-state index is -5.01. The zero-order chi connectivity index (χ0) is 42.8. The van der Waals surface area contributed by atoms with Crippen LogP contribution in [0.1, 0.15) is 76.8 Å². The number of nitrogens with zero attached hydrogens (tertiary/aromatic N) is 1. The van der Waals surface area contributed by atoms with Gasteiger partial charge in [-0.15, -0.1) is 0 Å². The van der Waals surface area contributed by atoms with Gasteiger partial charge in [0.2, 0.25) is 0 Å². The summed E-state index contributed by atoms with van der Waals surface area (Å²) in [5, 5.41) is 8.98. The van der Waals surface area contributed by atoms with Gasteiger partial charge in [-0.05, 0) is 0 Å². The van der Waals surface area contributed by atoms with Crippen LogP contribution in [0.25, 0.3) is 0 Å². The van der Waals surface area contributed by atoms with Crippen LogP contribution in [0.5, 0.6) is 0 Å². The van der Waals surface area contributed by atoms with Gasteiger partial charge in [0.25, 0.3) is 10.1 Å². The van der Waals surface area contributed by atoms with Gasteiger partial charge in [-0.2, -0.15) is 23.3 Å². The molecule has 1 aliphatic rings. The van der Waals surface area contributed by atoms with Crippen LogP contribution in [0, 0.1) is 13.0 Å². The SMILES string of the molecule is CC(CCCCCC(=O)O)([C](=[Ni])/C=C/C=C/C=C1/N(CCCS(=O)(=O)O)c2ccccc2C1(C)C)c1[c-]cc(S(=O)(=O)O)cc1S(=O)(=O)O.[CH2-]CCS(=O)(=O)O. The summed E-state index contributed by atoms with van der Waals surface area (Å²) in [5.41, 5.74) is 1.03. The van der Waals surface area contributed by atoms with Gasteiger partial charge in [0, 0.05) is 5.75 Å². The Kier molecular flexibility index (Phi) is 17.6. The van der Waals surface area contributed by atoms with Crippen molar-refractivity contribution in [1.29, 1.82) is 0 Å². The molecule has 1 unspecified atom stereocenters. The molecule has 0 spiro atoms. The summed E-state index contributed by atoms with van der Waals surface area (Å²) >= 11 is 5.34. The van der Waals surface area contributed by atoms with Crippen LogP contribution >= 0.6 is 0 Å². The van der Waals surface area contributed by atoms with E-state index >= 15 is 0 Å². The van der Waals surface area contributed by atoms with Crippen molar-refractivity contribution in [3.05, 3.63) is 96.6 Å². The molecule has 0 saturated carbocycles. The number of hydrogen-bond donors (Lipinski definition) is 5. The van der Waals surface area contributed by atoms with E-state index < -0.39 is 67.1 Å². The third-order valence-corrected chi connectivity index (χ3v) is 12.8. The normalized spacial score (nSPS) is 16.5. The molecule has 20 heteroatoms. The van der Waals surface area contributed by atoms with E-state index in [4.69, 9.17) is 24.7 Å². The molecule has 15 nitrogen and oxygen atoms in total. The first-order chi connectivity index (χ1) is 25.6. The van der Waals surface area contributed by atoms with E-state index in [1.807, 2.05) is 49.1 Å². The molecule has 0 fully saturated rings. The predicted octanol–water partition coefficient (Wildman–Crippen LogP) is 5.16. The standard InChI is InChI=1S/C33H40NO11S3.C3H7O3S.Ni/c1-32(2)26-14-9-10-15-28(26)34(22-13-23-46(37,38)39)30(32)16-7-4-5-11-20-33(3,21-12-6-8-17-31(35)36)27-19-18-25(47(40,41)42)24-29(27)48(43,44)45;1-2-3-7(4,5)6;/h4-5,7,9-11,14-16,18,24H,6,8,12-13,17,21-23H2,1-3H3,(H,35,36)(H,37,38,39)(H,40,41,42)(H,43,44,45);1-3H2,(H,4,5,6);/q2*-1;/b7-4+,11-5+,30-16+;;. The number of carbonyl (C=O) groups is 1. The van der Waals surface area contributed by atoms with Crippen molar-refractivity contribution in [3.63, 3.8) is 0 Å². The van der Waals surface area contributed by atoms with Crippen molar-refractivity contribution in [2.45, 2.75) is 86.3 Å². The van der Waals surface area contributed by atoms with Gasteiger partial charge in [-0.1, -0.05) is 0 Å². The Hall–Kier alpha value is -3.07. The number of anilines is 1. The average Bonchev–Trinajstić information content (AvgIpc) is 3.27. The Morgan fingerprint density at radius 2 is 1.52 bits per heavy atom. The van der Waals surface area contributed by atoms with Crippen molar-refractivity contribution < 1.29 is 76.8 Å². The number of hydrogen-bond acceptors (Lipinski definition) is 10. The molecule has 56 heavy (non-hydrogen) atoms. The number of unbranched alkanes of at least 4 members (excludes halogenated alkanes) is 2. The van der Waals surface area contributed by atoms with E-state index in [0.717, 1.165) is 23.0 Å². The van der Waals surface area contributed by atoms with Gasteiger partial charge in [0.1, 0.15) is 0 Å². The molecule has 316 valence electrons. The summed E-state index contributed by atoms with van der Waals surface area (Å²) in [5.74, 6) is -1.59. The molecule has 0 aromatic heterocycles. The number of fused-ring (bicyclic) bond motifs is 1. The molecular formula is C36H47NNiO14S4-2. The molecule has 0 bridgehead atoms. The first kappa shape index (κ1) is 49.1. The minimum Gasteiger partial charge on any atom is -0.342 e. The van der Waals surface area contributed by atoms with Crippen LogP contribution in [-0.4, -0.2) is 85.5 Å². The Morgan fingerprint density at radius 1 is 0.893 bits per heavy atom. The molecular weight excluding hydrogens is 857 g/mol. The summed E-state index contributed by atoms with van der Waals surface area (Å²) in [4.78, 5) is 11.4. The fourth-order valence-electron chi connectivity index (χ4n) is 6.02. The van der Waals surface area contributed by atoms with Gasteiger partial charge in [0.15, 0.2) is 0 Å². The van der Waals surface area contributed by atoms with Crippen LogP contribution in [0.2, 0.25) is 0 Å². The van der Waals surface area contributed by atoms with Crippen LogP contribution < -0.4 is 4.90 Å². The van der Waals surface area contributed by atoms with Crippen LogP contribution in [0.15, 0.2) is 82.3 Å². The Morgan fingerprint density at radius 3 is 2.05 bits per heavy atom. The van der Waals surface area contributed by atoms with E-state index in [0.29, 0.717) is 31.9 Å². The molecule has 5 N–H and O–H groups in total. The maximum absolute atomic E-state index is 12.4. The number of allylic oxidation sites excluding steroid dienone is 6. The molecule has 1 heterocycles. The molecule has 2 aromatic carbocycles. The number of aliphatic carboxylic acids is 1. The van der Waals surface area contributed by atoms with Crippen molar-refractivity contribution in [2.24, 2.45) is 0 Å². The Labute approximate surface area is 337 Å². The van der Waals surface area contributed by atoms with Gasteiger partial charge in [-0.3, -0.25) is 9.11 Å². The van der Waals surface area contributed by atoms with E-state index in [-0.39, 0.29) is 47.2 Å². The third kappa shape index (κ3) is 14.7. The van der Waals surface area contributed by atoms with Crippen LogP contribution in [-0.2, 0) is 71.1 Å². The van der Waals surface area contributed by atoms with Crippen molar-refractivity contribution in [1.82, 2.24) is 0 Å². The molecule has 2 aromatic rings. The van der Waals surface area contributed by atoms with Crippen molar-refractivity contribution in [3.8, 4) is 0 Å². The van der Waals surface area contributed by atoms with E-state index in [1.165, 1.54) is 0 Å². The molecule has 3 rings (SSSR count). The minimum absolute atomic E-state index is 0.0602. The monoisotopic (exact) mass is 903 g/mol. The fourth-order valence-corrected chi connectivity index (χ4v) is 8.59. The van der Waals surface area contributed by atoms with Crippen LogP contribution in [0.4, 0.5) is 5.69 Å². The molecule has 1 atom stereocenters. The average molecular weight is 905 g/mol. The second kappa shape index (κ2) is 20.1. The number of carboxylic acids is 1. The maximum atomic E-state index is 12.4. The predicted molar refractivity (Wildman–Crippen MR) is 209 cm³/mol. The fraction of sp³-hybridized carbons (Fsp3) is 0.417. The molecule has 0 saturated heterocycles. The third-order valence-electron chi connectivity index (χ3n) is 8.76. The van der Waals surface area contributed by atoms with E-state index in [9.17, 15) is 52.1 Å². The maximum Gasteiger partial charge on any atom is 0.262 e. The van der Waals surface area contributed by atoms with Gasteiger partial charge in [-0.25, -0.2) is 0 Å². The first-order valence-corrected chi connectivity index (χ1v) is 23.6. The second-order valence-electron chi connectivity index (χ2n) is 13.5. The summed E-state index contributed by atoms with van der Waals surface area (Å²) < 4.78 is 127. The van der Waals surface area contributed by atoms with Crippen LogP contribution in [0.3, 0.4) is 0 Å². The second-order valence-corrected chi connectivity index (χ2v) is 20.0. The Balaban J connectivity index is 0.00000141. The van der Waals surface area contributed by atoms with Gasteiger partial charge in [0.05, 0.1) is 0 Å². The molecule has 0 radical (unpaired) electrons. The summed E-state index contributed by atoms with van der Waals surface area (Å²) in [7, 11) is -17.7. The summed E-state index contributed by atoms with van der Waals surface area (Å²) in [6.07, 6.45) is 10.4. The molecule has 0 amide bonds. The van der Waals surface area contributed by atoms with Crippen molar-refractivity contribution >= 4 is 56.6 Å².